The molecule has 174 valence electrons. The van der Waals surface area contributed by atoms with Crippen LogP contribution in [0.4, 0.5) is 11.4 Å². The van der Waals surface area contributed by atoms with Crippen molar-refractivity contribution in [1.29, 1.82) is 0 Å². The van der Waals surface area contributed by atoms with Gasteiger partial charge < -0.3 is 29.7 Å². The van der Waals surface area contributed by atoms with Crippen molar-refractivity contribution in [3.63, 3.8) is 0 Å². The summed E-state index contributed by atoms with van der Waals surface area (Å²) in [4.78, 5) is 25.0. The number of aromatic amines is 1. The zero-order chi connectivity index (χ0) is 23.1. The lowest BCUT2D eigenvalue weighted by Crippen LogP contribution is -2.31. The number of pyridine rings is 2. The van der Waals surface area contributed by atoms with Gasteiger partial charge in [-0.1, -0.05) is 0 Å². The molecule has 0 spiro atoms. The molecule has 34 heavy (non-hydrogen) atoms. The minimum absolute atomic E-state index is 0.0935. The number of carbonyl (C=O) groups is 1. The van der Waals surface area contributed by atoms with Crippen LogP contribution in [0, 0.1) is 0 Å². The lowest BCUT2D eigenvalue weighted by atomic mass is 10.0. The molecular formula is C25H26N6O3. The maximum atomic E-state index is 12.9. The number of aromatic nitrogens is 4. The van der Waals surface area contributed by atoms with E-state index in [1.165, 1.54) is 0 Å². The first-order chi connectivity index (χ1) is 16.7. The van der Waals surface area contributed by atoms with Crippen LogP contribution in [0.15, 0.2) is 43.1 Å². The van der Waals surface area contributed by atoms with Crippen LogP contribution < -0.4 is 15.4 Å². The Hall–Kier alpha value is -3.85. The second kappa shape index (κ2) is 8.49. The van der Waals surface area contributed by atoms with Crippen molar-refractivity contribution < 1.29 is 14.3 Å². The van der Waals surface area contributed by atoms with Crippen molar-refractivity contribution in [3.05, 3.63) is 54.4 Å². The largest absolute Gasteiger partial charge is 0.489 e. The van der Waals surface area contributed by atoms with Crippen LogP contribution in [0.5, 0.6) is 5.75 Å². The summed E-state index contributed by atoms with van der Waals surface area (Å²) in [6.45, 7) is 1.85. The molecule has 1 amide bonds. The number of carbonyl (C=O) groups excluding carboxylic acids is 1. The molecular weight excluding hydrogens is 432 g/mol. The summed E-state index contributed by atoms with van der Waals surface area (Å²) < 4.78 is 13.9. The summed E-state index contributed by atoms with van der Waals surface area (Å²) in [5.74, 6) is 0.561. The summed E-state index contributed by atoms with van der Waals surface area (Å²) in [5.41, 5.74) is 5.82. The number of anilines is 2. The van der Waals surface area contributed by atoms with Gasteiger partial charge in [-0.05, 0) is 25.0 Å². The highest BCUT2D eigenvalue weighted by atomic mass is 16.5. The van der Waals surface area contributed by atoms with Crippen LogP contribution in [0.25, 0.3) is 22.2 Å². The summed E-state index contributed by atoms with van der Waals surface area (Å²) in [5, 5.41) is 7.56. The van der Waals surface area contributed by atoms with E-state index in [1.54, 1.807) is 18.6 Å². The van der Waals surface area contributed by atoms with Crippen LogP contribution in [-0.2, 0) is 18.2 Å². The Balaban J connectivity index is 1.44. The molecule has 4 aromatic heterocycles. The normalized spacial score (nSPS) is 17.6. The van der Waals surface area contributed by atoms with Gasteiger partial charge >= 0.3 is 0 Å². The van der Waals surface area contributed by atoms with Gasteiger partial charge in [0.05, 0.1) is 46.6 Å². The Labute approximate surface area is 196 Å². The second-order valence-corrected chi connectivity index (χ2v) is 8.72. The van der Waals surface area contributed by atoms with Gasteiger partial charge in [-0.15, -0.1) is 0 Å². The Bertz CT molecular complexity index is 1370. The maximum Gasteiger partial charge on any atom is 0.255 e. The molecule has 9 nitrogen and oxygen atoms in total. The lowest BCUT2D eigenvalue weighted by molar-refractivity contribution is 0.0680. The van der Waals surface area contributed by atoms with Gasteiger partial charge in [-0.2, -0.15) is 0 Å². The zero-order valence-corrected chi connectivity index (χ0v) is 18.9. The highest BCUT2D eigenvalue weighted by molar-refractivity contribution is 6.08. The SMILES string of the molecule is Cn1cc(Nc2c(-c3ccncc3OC[C@H]3CCCO3)[nH]c3c2C(=O)NCC3)c2ccncc21. The molecule has 1 fully saturated rings. The van der Waals surface area contributed by atoms with Gasteiger partial charge in [0.2, 0.25) is 0 Å². The first-order valence-corrected chi connectivity index (χ1v) is 11.6. The van der Waals surface area contributed by atoms with Crippen molar-refractivity contribution in [2.75, 3.05) is 25.1 Å². The molecule has 3 N–H and O–H groups in total. The van der Waals surface area contributed by atoms with Gasteiger partial charge in [0, 0.05) is 61.9 Å². The number of aryl methyl sites for hydroxylation is 1. The molecule has 6 rings (SSSR count). The summed E-state index contributed by atoms with van der Waals surface area (Å²) in [6.07, 6.45) is 11.9. The number of hydrogen-bond acceptors (Lipinski definition) is 6. The minimum Gasteiger partial charge on any atom is -0.489 e. The van der Waals surface area contributed by atoms with Crippen LogP contribution in [0.2, 0.25) is 0 Å². The molecule has 0 radical (unpaired) electrons. The van der Waals surface area contributed by atoms with E-state index in [0.29, 0.717) is 24.5 Å². The highest BCUT2D eigenvalue weighted by Crippen LogP contribution is 2.41. The fraction of sp³-hybridized carbons (Fsp3) is 0.320. The molecule has 0 aromatic carbocycles. The molecule has 1 saturated heterocycles. The summed E-state index contributed by atoms with van der Waals surface area (Å²) >= 11 is 0. The summed E-state index contributed by atoms with van der Waals surface area (Å²) in [7, 11) is 1.98. The standard InChI is InChI=1S/C25H26N6O3/c1-31-13-19(16-4-7-26-11-20(16)31)30-24-22-18(6-9-28-25(22)32)29-23(24)17-5-8-27-12-21(17)34-14-15-3-2-10-33-15/h4-5,7-8,11-13,15,29-30H,2-3,6,9-10,14H2,1H3,(H,28,32)/t15-/m1/s1. The predicted octanol–water partition coefficient (Wildman–Crippen LogP) is 3.55. The smallest absolute Gasteiger partial charge is 0.255 e. The molecule has 6 heterocycles. The molecule has 9 heteroatoms. The van der Waals surface area contributed by atoms with Crippen LogP contribution in [0.3, 0.4) is 0 Å². The average Bonchev–Trinajstić information content (AvgIpc) is 3.58. The first kappa shape index (κ1) is 20.7. The van der Waals surface area contributed by atoms with Gasteiger partial charge in [-0.25, -0.2) is 0 Å². The van der Waals surface area contributed by atoms with Crippen molar-refractivity contribution >= 4 is 28.2 Å². The monoisotopic (exact) mass is 458 g/mol. The zero-order valence-electron chi connectivity index (χ0n) is 18.9. The third-order valence-corrected chi connectivity index (χ3v) is 6.52. The van der Waals surface area contributed by atoms with E-state index in [4.69, 9.17) is 9.47 Å². The van der Waals surface area contributed by atoms with E-state index in [0.717, 1.165) is 65.1 Å². The van der Waals surface area contributed by atoms with Crippen molar-refractivity contribution in [3.8, 4) is 17.0 Å². The molecule has 0 saturated carbocycles. The fourth-order valence-corrected chi connectivity index (χ4v) is 4.83. The molecule has 2 aliphatic heterocycles. The number of nitrogens with zero attached hydrogens (tertiary/aromatic N) is 3. The third kappa shape index (κ3) is 3.58. The van der Waals surface area contributed by atoms with Crippen LogP contribution in [-0.4, -0.2) is 51.3 Å². The topological polar surface area (TPSA) is 106 Å². The van der Waals surface area contributed by atoms with Gasteiger partial charge in [0.15, 0.2) is 0 Å². The fourth-order valence-electron chi connectivity index (χ4n) is 4.83. The third-order valence-electron chi connectivity index (χ3n) is 6.52. The molecule has 2 aliphatic rings. The van der Waals surface area contributed by atoms with E-state index in [-0.39, 0.29) is 12.0 Å². The average molecular weight is 459 g/mol. The summed E-state index contributed by atoms with van der Waals surface area (Å²) in [6, 6.07) is 3.89. The quantitative estimate of drug-likeness (QED) is 0.408. The number of hydrogen-bond donors (Lipinski definition) is 3. The van der Waals surface area contributed by atoms with Gasteiger partial charge in [0.25, 0.3) is 5.91 Å². The van der Waals surface area contributed by atoms with E-state index in [2.05, 4.69) is 25.6 Å². The van der Waals surface area contributed by atoms with Crippen molar-refractivity contribution in [1.82, 2.24) is 24.8 Å². The molecule has 0 aliphatic carbocycles. The van der Waals surface area contributed by atoms with Gasteiger partial charge in [0.1, 0.15) is 12.4 Å². The number of fused-ring (bicyclic) bond motifs is 2. The van der Waals surface area contributed by atoms with Crippen molar-refractivity contribution in [2.45, 2.75) is 25.4 Å². The lowest BCUT2D eigenvalue weighted by Gasteiger charge is -2.16. The number of nitrogens with one attached hydrogen (secondary N) is 3. The Morgan fingerprint density at radius 3 is 3.03 bits per heavy atom. The number of H-pyrrole nitrogens is 1. The van der Waals surface area contributed by atoms with E-state index in [9.17, 15) is 4.79 Å². The molecule has 0 bridgehead atoms. The molecule has 4 aromatic rings. The number of amides is 1. The van der Waals surface area contributed by atoms with Crippen LogP contribution in [0.1, 0.15) is 28.9 Å². The maximum absolute atomic E-state index is 12.9. The minimum atomic E-state index is -0.0935. The van der Waals surface area contributed by atoms with Gasteiger partial charge in [-0.3, -0.25) is 14.8 Å². The molecule has 0 unspecified atom stereocenters. The highest BCUT2D eigenvalue weighted by Gasteiger charge is 2.29. The van der Waals surface area contributed by atoms with Crippen LogP contribution >= 0.6 is 0 Å². The van der Waals surface area contributed by atoms with E-state index < -0.39 is 0 Å². The molecule has 1 atom stereocenters. The Morgan fingerprint density at radius 1 is 1.26 bits per heavy atom. The number of rotatable bonds is 6. The van der Waals surface area contributed by atoms with Crippen molar-refractivity contribution in [2.24, 2.45) is 7.05 Å². The van der Waals surface area contributed by atoms with E-state index in [1.807, 2.05) is 36.1 Å². The van der Waals surface area contributed by atoms with E-state index >= 15 is 0 Å². The Kier molecular flexibility index (Phi) is 5.18. The first-order valence-electron chi connectivity index (χ1n) is 11.6. The Morgan fingerprint density at radius 2 is 2.15 bits per heavy atom. The predicted molar refractivity (Wildman–Crippen MR) is 129 cm³/mol. The number of ether oxygens (including phenoxy) is 2. The second-order valence-electron chi connectivity index (χ2n) is 8.72.